The molecule has 6 amide bonds. The van der Waals surface area contributed by atoms with Crippen LogP contribution in [0.15, 0.2) is 59.6 Å². The van der Waals surface area contributed by atoms with E-state index in [0.29, 0.717) is 30.4 Å². The van der Waals surface area contributed by atoms with Crippen LogP contribution in [0.1, 0.15) is 86.6 Å². The molecule has 0 aromatic heterocycles. The predicted molar refractivity (Wildman–Crippen MR) is 248 cm³/mol. The van der Waals surface area contributed by atoms with E-state index < -0.39 is 65.9 Å². The Morgan fingerprint density at radius 1 is 0.846 bits per heavy atom. The molecule has 0 spiro atoms. The number of guanidine groups is 1. The highest BCUT2D eigenvalue weighted by Gasteiger charge is 2.43. The van der Waals surface area contributed by atoms with E-state index in [4.69, 9.17) is 19.3 Å². The summed E-state index contributed by atoms with van der Waals surface area (Å²) in [5.41, 5.74) is 1.30. The van der Waals surface area contributed by atoms with Crippen LogP contribution in [0.4, 0.5) is 0 Å². The number of benzene rings is 2. The van der Waals surface area contributed by atoms with E-state index in [9.17, 15) is 28.8 Å². The molecule has 0 saturated carbocycles. The van der Waals surface area contributed by atoms with Gasteiger partial charge >= 0.3 is 0 Å². The first kappa shape index (κ1) is 52.2. The number of imide groups is 1. The van der Waals surface area contributed by atoms with Gasteiger partial charge in [0, 0.05) is 69.0 Å². The lowest BCUT2D eigenvalue weighted by molar-refractivity contribution is -0.146. The second-order valence-corrected chi connectivity index (χ2v) is 17.8. The van der Waals surface area contributed by atoms with Crippen LogP contribution in [-0.4, -0.2) is 172 Å². The molecule has 2 heterocycles. The van der Waals surface area contributed by atoms with Crippen LogP contribution in [0.5, 0.6) is 0 Å². The van der Waals surface area contributed by atoms with Crippen molar-refractivity contribution < 1.29 is 43.1 Å². The van der Waals surface area contributed by atoms with Gasteiger partial charge in [0.05, 0.1) is 54.4 Å². The lowest BCUT2D eigenvalue weighted by Crippen LogP contribution is -2.55. The molecule has 1 fully saturated rings. The van der Waals surface area contributed by atoms with Gasteiger partial charge in [-0.3, -0.25) is 33.6 Å². The number of methoxy groups -OCH3 is 2. The maximum atomic E-state index is 14.4. The standard InChI is InChI=1S/C48H72N8O9/c1-13-31(4)41(54(10)47(62)40(30(2)3)51-48(52(6)7)53(8)9)38(63-11)29-39(57)55-26-19-24-37(55)42(64-12)32(5)43(58)50-36(28-33-20-15-14-16-21-33)44(59)49-25-27-65-56-45(60)34-22-17-18-23-35(34)46(56)61/h14-18,20-23,30-32,36-38,40-42H,13,19,24-29H2,1-12H3,(H,49,59)(H,50,58)/t31-,32+,36-,37-,38-,40-,41-,42+/m0/s1. The molecule has 65 heavy (non-hydrogen) atoms. The lowest BCUT2D eigenvalue weighted by atomic mass is 9.89. The van der Waals surface area contributed by atoms with Crippen molar-refractivity contribution in [2.24, 2.45) is 22.7 Å². The zero-order chi connectivity index (χ0) is 48.1. The Morgan fingerprint density at radius 2 is 1.45 bits per heavy atom. The van der Waals surface area contributed by atoms with Gasteiger partial charge < -0.3 is 39.7 Å². The molecule has 1 saturated heterocycles. The third-order valence-corrected chi connectivity index (χ3v) is 12.5. The Morgan fingerprint density at radius 3 is 1.98 bits per heavy atom. The molecule has 358 valence electrons. The van der Waals surface area contributed by atoms with E-state index in [0.717, 1.165) is 12.0 Å². The Labute approximate surface area is 385 Å². The average molecular weight is 905 g/mol. The Hall–Kier alpha value is -5.39. The fourth-order valence-corrected chi connectivity index (χ4v) is 8.84. The van der Waals surface area contributed by atoms with Crippen LogP contribution < -0.4 is 10.6 Å². The van der Waals surface area contributed by atoms with Crippen LogP contribution in [0.3, 0.4) is 0 Å². The van der Waals surface area contributed by atoms with Crippen molar-refractivity contribution in [2.75, 3.05) is 69.2 Å². The molecule has 2 aromatic carbocycles. The fourth-order valence-electron chi connectivity index (χ4n) is 8.84. The summed E-state index contributed by atoms with van der Waals surface area (Å²) >= 11 is 0. The van der Waals surface area contributed by atoms with Gasteiger partial charge in [-0.05, 0) is 42.4 Å². The molecular weight excluding hydrogens is 833 g/mol. The first-order valence-electron chi connectivity index (χ1n) is 22.6. The summed E-state index contributed by atoms with van der Waals surface area (Å²) in [6.45, 7) is 10.0. The van der Waals surface area contributed by atoms with Gasteiger partial charge in [0.2, 0.25) is 23.6 Å². The van der Waals surface area contributed by atoms with E-state index in [1.54, 1.807) is 55.1 Å². The maximum absolute atomic E-state index is 14.4. The van der Waals surface area contributed by atoms with Crippen molar-refractivity contribution in [3.05, 3.63) is 71.3 Å². The first-order chi connectivity index (χ1) is 30.9. The monoisotopic (exact) mass is 905 g/mol. The van der Waals surface area contributed by atoms with E-state index in [1.165, 1.54) is 7.11 Å². The number of ether oxygens (including phenoxy) is 2. The number of aliphatic imine (C=N–C) groups is 1. The summed E-state index contributed by atoms with van der Waals surface area (Å²) in [5.74, 6) is -2.64. The topological polar surface area (TPSA) is 183 Å². The number of hydroxylamine groups is 2. The number of carbonyl (C=O) groups is 6. The van der Waals surface area contributed by atoms with Crippen LogP contribution in [0, 0.1) is 17.8 Å². The lowest BCUT2D eigenvalue weighted by Gasteiger charge is -2.40. The average Bonchev–Trinajstić information content (AvgIpc) is 3.86. The largest absolute Gasteiger partial charge is 0.379 e. The van der Waals surface area contributed by atoms with E-state index >= 15 is 0 Å². The molecule has 0 aliphatic carbocycles. The van der Waals surface area contributed by atoms with Crippen molar-refractivity contribution in [3.8, 4) is 0 Å². The van der Waals surface area contributed by atoms with Crippen molar-refractivity contribution >= 4 is 41.4 Å². The van der Waals surface area contributed by atoms with Gasteiger partial charge in [-0.15, -0.1) is 5.06 Å². The minimum atomic E-state index is -0.997. The molecule has 17 nitrogen and oxygen atoms in total. The Balaban J connectivity index is 1.46. The molecular formula is C48H72N8O9. The van der Waals surface area contributed by atoms with Crippen LogP contribution in [0.25, 0.3) is 0 Å². The molecule has 8 atom stereocenters. The third kappa shape index (κ3) is 12.9. The zero-order valence-electron chi connectivity index (χ0n) is 40.4. The van der Waals surface area contributed by atoms with Crippen LogP contribution in [0.2, 0.25) is 0 Å². The summed E-state index contributed by atoms with van der Waals surface area (Å²) in [7, 11) is 12.4. The van der Waals surface area contributed by atoms with Gasteiger partial charge in [0.25, 0.3) is 11.8 Å². The number of nitrogens with one attached hydrogen (secondary N) is 2. The molecule has 17 heteroatoms. The van der Waals surface area contributed by atoms with Gasteiger partial charge in [-0.2, -0.15) is 0 Å². The summed E-state index contributed by atoms with van der Waals surface area (Å²) in [5, 5.41) is 6.39. The van der Waals surface area contributed by atoms with Crippen molar-refractivity contribution in [3.63, 3.8) is 0 Å². The molecule has 2 N–H and O–H groups in total. The summed E-state index contributed by atoms with van der Waals surface area (Å²) < 4.78 is 12.1. The fraction of sp³-hybridized carbons (Fsp3) is 0.604. The number of carbonyl (C=O) groups excluding carboxylic acids is 6. The molecule has 0 bridgehead atoms. The highest BCUT2D eigenvalue weighted by atomic mass is 16.7. The SMILES string of the molecule is CC[C@H](C)[C@@H]([C@H](CC(=O)N1CCC[C@H]1[C@H](OC)[C@@H](C)C(=O)N[C@@H](Cc1ccccc1)C(=O)NCCON1C(=O)c2ccccc2C1=O)OC)N(C)C(=O)[C@@H](N=C(N(C)C)N(C)C)C(C)C. The molecule has 2 aliphatic rings. The Bertz CT molecular complexity index is 1930. The second kappa shape index (κ2) is 24.2. The smallest absolute Gasteiger partial charge is 0.285 e. The Kier molecular flexibility index (Phi) is 19.5. The minimum Gasteiger partial charge on any atom is -0.379 e. The number of hydrogen-bond donors (Lipinski definition) is 2. The van der Waals surface area contributed by atoms with Gasteiger partial charge in [0.1, 0.15) is 12.1 Å². The minimum absolute atomic E-state index is 0.00292. The molecule has 0 unspecified atom stereocenters. The highest BCUT2D eigenvalue weighted by molar-refractivity contribution is 6.20. The number of nitrogens with zero attached hydrogens (tertiary/aromatic N) is 6. The summed E-state index contributed by atoms with van der Waals surface area (Å²) in [6, 6.07) is 13.1. The van der Waals surface area contributed by atoms with E-state index in [2.05, 4.69) is 24.5 Å². The van der Waals surface area contributed by atoms with Crippen molar-refractivity contribution in [2.45, 2.75) is 103 Å². The zero-order valence-corrected chi connectivity index (χ0v) is 40.4. The number of likely N-dealkylation sites (N-methyl/N-ethyl adjacent to an activating group) is 1. The van der Waals surface area contributed by atoms with Crippen molar-refractivity contribution in [1.82, 2.24) is 35.3 Å². The number of rotatable bonds is 22. The van der Waals surface area contributed by atoms with Crippen LogP contribution >= 0.6 is 0 Å². The van der Waals surface area contributed by atoms with Gasteiger partial charge in [-0.25, -0.2) is 4.99 Å². The quantitative estimate of drug-likeness (QED) is 0.0764. The van der Waals surface area contributed by atoms with E-state index in [1.807, 2.05) is 82.2 Å². The molecule has 2 aliphatic heterocycles. The normalized spacial score (nSPS) is 18.0. The number of fused-ring (bicyclic) bond motifs is 1. The van der Waals surface area contributed by atoms with E-state index in [-0.39, 0.29) is 60.8 Å². The number of hydrogen-bond acceptors (Lipinski definition) is 10. The molecule has 0 radical (unpaired) electrons. The first-order valence-corrected chi connectivity index (χ1v) is 22.6. The van der Waals surface area contributed by atoms with Gasteiger partial charge in [0.15, 0.2) is 5.96 Å². The van der Waals surface area contributed by atoms with Crippen molar-refractivity contribution in [1.29, 1.82) is 0 Å². The number of amides is 6. The molecule has 2 aromatic rings. The molecule has 4 rings (SSSR count). The number of likely N-dealkylation sites (tertiary alicyclic amines) is 1. The summed E-state index contributed by atoms with van der Waals surface area (Å²) in [4.78, 5) is 99.6. The summed E-state index contributed by atoms with van der Waals surface area (Å²) in [6.07, 6.45) is 0.876. The predicted octanol–water partition coefficient (Wildman–Crippen LogP) is 3.48. The third-order valence-electron chi connectivity index (χ3n) is 12.5. The van der Waals surface area contributed by atoms with Gasteiger partial charge in [-0.1, -0.05) is 83.5 Å². The highest BCUT2D eigenvalue weighted by Crippen LogP contribution is 2.30. The maximum Gasteiger partial charge on any atom is 0.285 e. The second-order valence-electron chi connectivity index (χ2n) is 17.8. The van der Waals surface area contributed by atoms with Crippen LogP contribution in [-0.2, 0) is 39.9 Å².